The summed E-state index contributed by atoms with van der Waals surface area (Å²) in [5.41, 5.74) is -0.746. The van der Waals surface area contributed by atoms with Crippen LogP contribution in [-0.2, 0) is 10.3 Å². The second-order valence-corrected chi connectivity index (χ2v) is 6.79. The van der Waals surface area contributed by atoms with Gasteiger partial charge in [-0.3, -0.25) is 9.69 Å². The molecule has 0 spiro atoms. The van der Waals surface area contributed by atoms with E-state index in [0.717, 1.165) is 4.90 Å². The maximum atomic E-state index is 13.1. The molecule has 0 radical (unpaired) electrons. The van der Waals surface area contributed by atoms with E-state index in [-0.39, 0.29) is 13.2 Å². The summed E-state index contributed by atoms with van der Waals surface area (Å²) in [4.78, 5) is 26.0. The monoisotopic (exact) mass is 396 g/mol. The van der Waals surface area contributed by atoms with Gasteiger partial charge in [0.2, 0.25) is 0 Å². The third-order valence-corrected chi connectivity index (χ3v) is 4.69. The first-order valence-electron chi connectivity index (χ1n) is 7.79. The summed E-state index contributed by atoms with van der Waals surface area (Å²) in [6.45, 7) is 1.69. The predicted octanol–water partition coefficient (Wildman–Crippen LogP) is 3.98. The first-order valence-corrected chi connectivity index (χ1v) is 8.55. The van der Waals surface area contributed by atoms with Crippen molar-refractivity contribution in [2.24, 2.45) is 0 Å². The minimum atomic E-state index is -1.25. The van der Waals surface area contributed by atoms with Crippen LogP contribution in [0.4, 0.5) is 9.18 Å². The van der Waals surface area contributed by atoms with Crippen molar-refractivity contribution in [3.05, 3.63) is 63.9 Å². The highest BCUT2D eigenvalue weighted by Gasteiger charge is 2.48. The minimum absolute atomic E-state index is 0.0421. The van der Waals surface area contributed by atoms with Gasteiger partial charge in [-0.1, -0.05) is 35.3 Å². The Morgan fingerprint density at radius 2 is 1.85 bits per heavy atom. The van der Waals surface area contributed by atoms with E-state index in [9.17, 15) is 14.0 Å². The topological polar surface area (TPSA) is 58.6 Å². The molecule has 1 saturated heterocycles. The van der Waals surface area contributed by atoms with E-state index in [4.69, 9.17) is 27.9 Å². The summed E-state index contributed by atoms with van der Waals surface area (Å²) in [6, 6.07) is 9.68. The van der Waals surface area contributed by atoms with E-state index >= 15 is 0 Å². The molecule has 0 aromatic heterocycles. The third kappa shape index (κ3) is 3.48. The molecule has 0 bridgehead atoms. The molecule has 3 rings (SSSR count). The molecule has 1 atom stereocenters. The largest absolute Gasteiger partial charge is 0.490 e. The number of carbonyl (C=O) groups excluding carboxylic acids is 2. The number of imide groups is 1. The first kappa shape index (κ1) is 18.5. The molecular weight excluding hydrogens is 382 g/mol. The SMILES string of the molecule is CC1(c2ccc(F)cc2)NC(=O)N(CCOc2ccc(Cl)cc2Cl)C1=O. The number of hydrogen-bond acceptors (Lipinski definition) is 3. The predicted molar refractivity (Wildman–Crippen MR) is 96.0 cm³/mol. The van der Waals surface area contributed by atoms with E-state index in [2.05, 4.69) is 5.32 Å². The van der Waals surface area contributed by atoms with Crippen LogP contribution in [0.25, 0.3) is 0 Å². The Morgan fingerprint density at radius 1 is 1.15 bits per heavy atom. The van der Waals surface area contributed by atoms with Crippen molar-refractivity contribution in [1.82, 2.24) is 10.2 Å². The minimum Gasteiger partial charge on any atom is -0.490 e. The molecule has 26 heavy (non-hydrogen) atoms. The van der Waals surface area contributed by atoms with Crippen molar-refractivity contribution in [3.8, 4) is 5.75 Å². The van der Waals surface area contributed by atoms with Gasteiger partial charge in [0.15, 0.2) is 0 Å². The molecule has 1 unspecified atom stereocenters. The van der Waals surface area contributed by atoms with Crippen LogP contribution in [0.2, 0.25) is 10.0 Å². The number of ether oxygens (including phenoxy) is 1. The second-order valence-electron chi connectivity index (χ2n) is 5.94. The van der Waals surface area contributed by atoms with Crippen LogP contribution in [-0.4, -0.2) is 30.0 Å². The van der Waals surface area contributed by atoms with Crippen molar-refractivity contribution >= 4 is 35.1 Å². The highest BCUT2D eigenvalue weighted by Crippen LogP contribution is 2.30. The van der Waals surface area contributed by atoms with Gasteiger partial charge in [0.1, 0.15) is 23.7 Å². The zero-order valence-electron chi connectivity index (χ0n) is 13.8. The van der Waals surface area contributed by atoms with Gasteiger partial charge in [-0.05, 0) is 42.8 Å². The van der Waals surface area contributed by atoms with Crippen LogP contribution >= 0.6 is 23.2 Å². The Morgan fingerprint density at radius 3 is 2.50 bits per heavy atom. The Bertz CT molecular complexity index is 860. The molecule has 2 aromatic rings. The number of nitrogens with zero attached hydrogens (tertiary/aromatic N) is 1. The fourth-order valence-corrected chi connectivity index (χ4v) is 3.18. The molecule has 5 nitrogen and oxygen atoms in total. The third-order valence-electron chi connectivity index (χ3n) is 4.16. The molecule has 2 aromatic carbocycles. The van der Waals surface area contributed by atoms with Gasteiger partial charge in [-0.15, -0.1) is 0 Å². The van der Waals surface area contributed by atoms with Crippen LogP contribution in [0, 0.1) is 5.82 Å². The lowest BCUT2D eigenvalue weighted by Gasteiger charge is -2.22. The zero-order chi connectivity index (χ0) is 18.9. The first-order chi connectivity index (χ1) is 12.3. The number of nitrogens with one attached hydrogen (secondary N) is 1. The smallest absolute Gasteiger partial charge is 0.325 e. The summed E-state index contributed by atoms with van der Waals surface area (Å²) in [5.74, 6) is -0.441. The Kier molecular flexibility index (Phi) is 5.07. The van der Waals surface area contributed by atoms with Gasteiger partial charge in [0.05, 0.1) is 11.6 Å². The number of carbonyl (C=O) groups is 2. The fraction of sp³-hybridized carbons (Fsp3) is 0.222. The van der Waals surface area contributed by atoms with E-state index in [1.165, 1.54) is 30.3 Å². The molecule has 1 aliphatic rings. The average molecular weight is 397 g/mol. The number of amides is 3. The van der Waals surface area contributed by atoms with Crippen molar-refractivity contribution in [3.63, 3.8) is 0 Å². The van der Waals surface area contributed by atoms with Crippen LogP contribution in [0.3, 0.4) is 0 Å². The molecule has 1 fully saturated rings. The average Bonchev–Trinajstić information content (AvgIpc) is 2.81. The quantitative estimate of drug-likeness (QED) is 0.777. The summed E-state index contributed by atoms with van der Waals surface area (Å²) in [7, 11) is 0. The maximum absolute atomic E-state index is 13.1. The molecule has 8 heteroatoms. The zero-order valence-corrected chi connectivity index (χ0v) is 15.3. The van der Waals surface area contributed by atoms with Crippen LogP contribution in [0.1, 0.15) is 12.5 Å². The van der Waals surface area contributed by atoms with Crippen molar-refractivity contribution in [1.29, 1.82) is 0 Å². The van der Waals surface area contributed by atoms with Crippen molar-refractivity contribution < 1.29 is 18.7 Å². The molecule has 3 amide bonds. The fourth-order valence-electron chi connectivity index (χ4n) is 2.72. The van der Waals surface area contributed by atoms with E-state index in [1.807, 2.05) is 0 Å². The van der Waals surface area contributed by atoms with Crippen molar-refractivity contribution in [2.45, 2.75) is 12.5 Å². The van der Waals surface area contributed by atoms with Crippen LogP contribution in [0.5, 0.6) is 5.75 Å². The molecule has 1 N–H and O–H groups in total. The lowest BCUT2D eigenvalue weighted by Crippen LogP contribution is -2.41. The molecule has 0 aliphatic carbocycles. The summed E-state index contributed by atoms with van der Waals surface area (Å²) in [6.07, 6.45) is 0. The molecular formula is C18H15Cl2FN2O3. The molecule has 0 saturated carbocycles. The lowest BCUT2D eigenvalue weighted by molar-refractivity contribution is -0.131. The van der Waals surface area contributed by atoms with Crippen LogP contribution < -0.4 is 10.1 Å². The summed E-state index contributed by atoms with van der Waals surface area (Å²) in [5, 5.41) is 3.47. The Hall–Kier alpha value is -2.31. The highest BCUT2D eigenvalue weighted by atomic mass is 35.5. The lowest BCUT2D eigenvalue weighted by atomic mass is 9.92. The van der Waals surface area contributed by atoms with Gasteiger partial charge in [0.25, 0.3) is 5.91 Å². The van der Waals surface area contributed by atoms with Crippen LogP contribution in [0.15, 0.2) is 42.5 Å². The number of hydrogen-bond donors (Lipinski definition) is 1. The van der Waals surface area contributed by atoms with Gasteiger partial charge >= 0.3 is 6.03 Å². The summed E-state index contributed by atoms with van der Waals surface area (Å²) < 4.78 is 18.6. The van der Waals surface area contributed by atoms with E-state index < -0.39 is 23.3 Å². The maximum Gasteiger partial charge on any atom is 0.325 e. The number of urea groups is 1. The van der Waals surface area contributed by atoms with Crippen molar-refractivity contribution in [2.75, 3.05) is 13.2 Å². The summed E-state index contributed by atoms with van der Waals surface area (Å²) >= 11 is 11.8. The van der Waals surface area contributed by atoms with Gasteiger partial charge in [-0.25, -0.2) is 9.18 Å². The number of halogens is 3. The number of rotatable bonds is 5. The van der Waals surface area contributed by atoms with Gasteiger partial charge in [0, 0.05) is 5.02 Å². The van der Waals surface area contributed by atoms with E-state index in [1.54, 1.807) is 19.1 Å². The van der Waals surface area contributed by atoms with E-state index in [0.29, 0.717) is 21.4 Å². The Labute approximate surface area is 159 Å². The van der Waals surface area contributed by atoms with Gasteiger partial charge < -0.3 is 10.1 Å². The molecule has 1 aliphatic heterocycles. The normalized spacial score (nSPS) is 19.6. The Balaban J connectivity index is 1.68. The standard InChI is InChI=1S/C18H15Cl2FN2O3/c1-18(11-2-5-13(21)6-3-11)16(24)23(17(25)22-18)8-9-26-15-7-4-12(19)10-14(15)20/h2-7,10H,8-9H2,1H3,(H,22,25). The number of benzene rings is 2. The molecule has 136 valence electrons. The highest BCUT2D eigenvalue weighted by molar-refractivity contribution is 6.35. The van der Waals surface area contributed by atoms with Gasteiger partial charge in [-0.2, -0.15) is 0 Å². The second kappa shape index (κ2) is 7.13. The molecule has 1 heterocycles.